The number of carbonyl (C=O) groups is 1. The van der Waals surface area contributed by atoms with E-state index in [1.165, 1.54) is 0 Å². The summed E-state index contributed by atoms with van der Waals surface area (Å²) in [5.41, 5.74) is 6.57. The van der Waals surface area contributed by atoms with Gasteiger partial charge in [-0.15, -0.1) is 0 Å². The molecular weight excluding hydrogens is 271 g/mol. The molecule has 1 fully saturated rings. The van der Waals surface area contributed by atoms with Gasteiger partial charge in [-0.2, -0.15) is 0 Å². The number of hydrogen-bond donors (Lipinski definition) is 1. The molecule has 0 aromatic heterocycles. The first-order valence-corrected chi connectivity index (χ1v) is 6.77. The van der Waals surface area contributed by atoms with E-state index in [0.29, 0.717) is 35.5 Å². The summed E-state index contributed by atoms with van der Waals surface area (Å²) in [6.07, 6.45) is 1.29. The average Bonchev–Trinajstić information content (AvgIpc) is 2.71. The van der Waals surface area contributed by atoms with E-state index in [2.05, 4.69) is 0 Å². The van der Waals surface area contributed by atoms with Crippen molar-refractivity contribution in [2.75, 3.05) is 19.6 Å². The molecule has 18 heavy (non-hydrogen) atoms. The lowest BCUT2D eigenvalue weighted by molar-refractivity contribution is -0.127. The third kappa shape index (κ3) is 3.16. The van der Waals surface area contributed by atoms with Crippen LogP contribution >= 0.6 is 23.2 Å². The molecule has 0 spiro atoms. The van der Waals surface area contributed by atoms with E-state index in [9.17, 15) is 4.79 Å². The van der Waals surface area contributed by atoms with Crippen molar-refractivity contribution in [3.05, 3.63) is 33.8 Å². The molecule has 1 saturated heterocycles. The predicted octanol–water partition coefficient (Wildman–Crippen LogP) is 2.34. The SMILES string of the molecule is NCC1CC(=O)N(CCc2cc(Cl)ccc2Cl)C1. The van der Waals surface area contributed by atoms with Gasteiger partial charge in [-0.05, 0) is 42.6 Å². The van der Waals surface area contributed by atoms with E-state index < -0.39 is 0 Å². The number of benzene rings is 1. The lowest BCUT2D eigenvalue weighted by atomic mass is 10.1. The molecule has 0 saturated carbocycles. The monoisotopic (exact) mass is 286 g/mol. The highest BCUT2D eigenvalue weighted by atomic mass is 35.5. The van der Waals surface area contributed by atoms with Gasteiger partial charge in [-0.3, -0.25) is 4.79 Å². The fraction of sp³-hybridized carbons (Fsp3) is 0.462. The van der Waals surface area contributed by atoms with Crippen molar-refractivity contribution in [1.82, 2.24) is 4.90 Å². The van der Waals surface area contributed by atoms with Crippen LogP contribution in [0.1, 0.15) is 12.0 Å². The Morgan fingerprint density at radius 1 is 1.39 bits per heavy atom. The molecule has 1 aliphatic rings. The topological polar surface area (TPSA) is 46.3 Å². The summed E-state index contributed by atoms with van der Waals surface area (Å²) < 4.78 is 0. The van der Waals surface area contributed by atoms with Crippen LogP contribution in [0.15, 0.2) is 18.2 Å². The average molecular weight is 287 g/mol. The lowest BCUT2D eigenvalue weighted by Gasteiger charge is -2.16. The molecule has 0 radical (unpaired) electrons. The van der Waals surface area contributed by atoms with Crippen LogP contribution in [0.4, 0.5) is 0 Å². The summed E-state index contributed by atoms with van der Waals surface area (Å²) in [6.45, 7) is 2.00. The van der Waals surface area contributed by atoms with Crippen molar-refractivity contribution in [2.24, 2.45) is 11.7 Å². The fourth-order valence-electron chi connectivity index (χ4n) is 2.22. The highest BCUT2D eigenvalue weighted by Crippen LogP contribution is 2.22. The molecule has 0 aliphatic carbocycles. The minimum Gasteiger partial charge on any atom is -0.342 e. The highest BCUT2D eigenvalue weighted by molar-refractivity contribution is 6.33. The molecular formula is C13H16Cl2N2O. The van der Waals surface area contributed by atoms with Crippen molar-refractivity contribution in [1.29, 1.82) is 0 Å². The zero-order valence-electron chi connectivity index (χ0n) is 10.0. The van der Waals surface area contributed by atoms with E-state index in [4.69, 9.17) is 28.9 Å². The van der Waals surface area contributed by atoms with Crippen molar-refractivity contribution < 1.29 is 4.79 Å². The van der Waals surface area contributed by atoms with Gasteiger partial charge in [0, 0.05) is 29.6 Å². The molecule has 1 amide bonds. The summed E-state index contributed by atoms with van der Waals surface area (Å²) in [5.74, 6) is 0.482. The molecule has 0 bridgehead atoms. The number of hydrogen-bond acceptors (Lipinski definition) is 2. The maximum absolute atomic E-state index is 11.7. The quantitative estimate of drug-likeness (QED) is 0.924. The second kappa shape index (κ2) is 5.91. The van der Waals surface area contributed by atoms with Gasteiger partial charge in [0.05, 0.1) is 0 Å². The Hall–Kier alpha value is -0.770. The predicted molar refractivity (Wildman–Crippen MR) is 73.9 cm³/mol. The zero-order valence-corrected chi connectivity index (χ0v) is 11.5. The largest absolute Gasteiger partial charge is 0.342 e. The van der Waals surface area contributed by atoms with Crippen molar-refractivity contribution >= 4 is 29.1 Å². The number of nitrogens with two attached hydrogens (primary N) is 1. The number of amides is 1. The molecule has 1 aliphatic heterocycles. The van der Waals surface area contributed by atoms with Crippen LogP contribution in [0.3, 0.4) is 0 Å². The molecule has 98 valence electrons. The van der Waals surface area contributed by atoms with Crippen molar-refractivity contribution in [3.8, 4) is 0 Å². The van der Waals surface area contributed by atoms with Crippen LogP contribution in [0.25, 0.3) is 0 Å². The van der Waals surface area contributed by atoms with Crippen LogP contribution in [0, 0.1) is 5.92 Å². The third-order valence-corrected chi connectivity index (χ3v) is 3.89. The molecule has 5 heteroatoms. The van der Waals surface area contributed by atoms with Crippen molar-refractivity contribution in [3.63, 3.8) is 0 Å². The molecule has 1 aromatic rings. The van der Waals surface area contributed by atoms with E-state index in [-0.39, 0.29) is 5.91 Å². The van der Waals surface area contributed by atoms with E-state index in [0.717, 1.165) is 18.5 Å². The third-order valence-electron chi connectivity index (χ3n) is 3.29. The Morgan fingerprint density at radius 3 is 2.83 bits per heavy atom. The summed E-state index contributed by atoms with van der Waals surface area (Å²) in [5, 5.41) is 1.36. The fourth-order valence-corrected chi connectivity index (χ4v) is 2.62. The standard InChI is InChI=1S/C13H16Cl2N2O/c14-11-1-2-12(15)10(6-11)3-4-17-8-9(7-16)5-13(17)18/h1-2,6,9H,3-5,7-8,16H2. The molecule has 3 nitrogen and oxygen atoms in total. The Balaban J connectivity index is 1.95. The number of rotatable bonds is 4. The van der Waals surface area contributed by atoms with Crippen LogP contribution in [-0.4, -0.2) is 30.4 Å². The maximum atomic E-state index is 11.7. The number of carbonyl (C=O) groups excluding carboxylic acids is 1. The summed E-state index contributed by atoms with van der Waals surface area (Å²) >= 11 is 12.0. The lowest BCUT2D eigenvalue weighted by Crippen LogP contribution is -2.28. The summed E-state index contributed by atoms with van der Waals surface area (Å²) in [4.78, 5) is 13.6. The van der Waals surface area contributed by atoms with Gasteiger partial charge in [0.2, 0.25) is 5.91 Å². The Morgan fingerprint density at radius 2 is 2.17 bits per heavy atom. The Bertz CT molecular complexity index is 451. The first kappa shape index (κ1) is 13.7. The smallest absolute Gasteiger partial charge is 0.222 e. The molecule has 1 aromatic carbocycles. The molecule has 2 N–H and O–H groups in total. The number of halogens is 2. The van der Waals surface area contributed by atoms with E-state index in [1.807, 2.05) is 11.0 Å². The van der Waals surface area contributed by atoms with Crippen molar-refractivity contribution in [2.45, 2.75) is 12.8 Å². The number of likely N-dealkylation sites (tertiary alicyclic amines) is 1. The summed E-state index contributed by atoms with van der Waals surface area (Å²) in [6, 6.07) is 5.40. The summed E-state index contributed by atoms with van der Waals surface area (Å²) in [7, 11) is 0. The molecule has 1 heterocycles. The highest BCUT2D eigenvalue weighted by Gasteiger charge is 2.28. The van der Waals surface area contributed by atoms with Gasteiger partial charge >= 0.3 is 0 Å². The molecule has 2 rings (SSSR count). The van der Waals surface area contributed by atoms with Gasteiger partial charge in [0.25, 0.3) is 0 Å². The molecule has 1 unspecified atom stereocenters. The van der Waals surface area contributed by atoms with Gasteiger partial charge < -0.3 is 10.6 Å². The second-order valence-electron chi connectivity index (χ2n) is 4.63. The minimum absolute atomic E-state index is 0.184. The first-order chi connectivity index (χ1) is 8.60. The number of nitrogens with zero attached hydrogens (tertiary/aromatic N) is 1. The van der Waals surface area contributed by atoms with Gasteiger partial charge in [0.15, 0.2) is 0 Å². The molecule has 1 atom stereocenters. The van der Waals surface area contributed by atoms with Gasteiger partial charge in [-0.1, -0.05) is 23.2 Å². The minimum atomic E-state index is 0.184. The Kier molecular flexibility index (Phi) is 4.49. The van der Waals surface area contributed by atoms with Gasteiger partial charge in [0.1, 0.15) is 0 Å². The van der Waals surface area contributed by atoms with E-state index >= 15 is 0 Å². The zero-order chi connectivity index (χ0) is 13.1. The van der Waals surface area contributed by atoms with Crippen LogP contribution < -0.4 is 5.73 Å². The second-order valence-corrected chi connectivity index (χ2v) is 5.47. The van der Waals surface area contributed by atoms with Gasteiger partial charge in [-0.25, -0.2) is 0 Å². The van der Waals surface area contributed by atoms with E-state index in [1.54, 1.807) is 12.1 Å². The van der Waals surface area contributed by atoms with Crippen LogP contribution in [0.2, 0.25) is 10.0 Å². The maximum Gasteiger partial charge on any atom is 0.222 e. The Labute approximate surface area is 117 Å². The first-order valence-electron chi connectivity index (χ1n) is 6.02. The van der Waals surface area contributed by atoms with Crippen LogP contribution in [-0.2, 0) is 11.2 Å². The normalized spacial score (nSPS) is 19.6. The van der Waals surface area contributed by atoms with Crippen LogP contribution in [0.5, 0.6) is 0 Å².